The molecule has 150 valence electrons. The zero-order chi connectivity index (χ0) is 21.3. The highest BCUT2D eigenvalue weighted by Crippen LogP contribution is 2.25. The van der Waals surface area contributed by atoms with Crippen LogP contribution < -0.4 is 5.32 Å². The molecule has 0 spiro atoms. The lowest BCUT2D eigenvalue weighted by molar-refractivity contribution is 0.104. The molecular weight excluding hydrogens is 378 g/mol. The van der Waals surface area contributed by atoms with E-state index in [1.165, 1.54) is 0 Å². The van der Waals surface area contributed by atoms with Crippen LogP contribution in [0.25, 0.3) is 5.57 Å². The summed E-state index contributed by atoms with van der Waals surface area (Å²) in [6, 6.07) is 39.6. The molecule has 0 atom stereocenters. The molecule has 0 unspecified atom stereocenters. The van der Waals surface area contributed by atoms with Gasteiger partial charge in [-0.2, -0.15) is 0 Å². The highest BCUT2D eigenvalue weighted by molar-refractivity contribution is 6.05. The molecule has 0 aliphatic heterocycles. The minimum atomic E-state index is -0.0456. The maximum atomic E-state index is 13.0. The van der Waals surface area contributed by atoms with E-state index >= 15 is 0 Å². The molecule has 31 heavy (non-hydrogen) atoms. The number of hydrogen-bond donors (Lipinski definition) is 1. The Labute approximate surface area is 183 Å². The number of anilines is 1. The van der Waals surface area contributed by atoms with E-state index in [2.05, 4.69) is 29.6 Å². The Balaban J connectivity index is 1.81. The first kappa shape index (κ1) is 20.1. The van der Waals surface area contributed by atoms with Crippen LogP contribution >= 0.6 is 0 Å². The first-order chi connectivity index (χ1) is 15.3. The summed E-state index contributed by atoms with van der Waals surface area (Å²) in [6.07, 6.45) is 3.70. The normalized spacial score (nSPS) is 10.9. The van der Waals surface area contributed by atoms with Gasteiger partial charge in [0, 0.05) is 23.0 Å². The predicted octanol–water partition coefficient (Wildman–Crippen LogP) is 7.00. The summed E-state index contributed by atoms with van der Waals surface area (Å²) in [5.41, 5.74) is 5.51. The molecule has 0 saturated heterocycles. The van der Waals surface area contributed by atoms with Crippen molar-refractivity contribution in [1.82, 2.24) is 0 Å². The molecule has 2 nitrogen and oxygen atoms in total. The van der Waals surface area contributed by atoms with Crippen molar-refractivity contribution in [3.05, 3.63) is 156 Å². The predicted molar refractivity (Wildman–Crippen MR) is 129 cm³/mol. The van der Waals surface area contributed by atoms with E-state index in [4.69, 9.17) is 0 Å². The number of nitrogens with one attached hydrogen (secondary N) is 1. The molecule has 0 radical (unpaired) electrons. The topological polar surface area (TPSA) is 29.1 Å². The van der Waals surface area contributed by atoms with Crippen LogP contribution in [0, 0.1) is 0 Å². The molecule has 0 aliphatic carbocycles. The molecule has 4 rings (SSSR count). The van der Waals surface area contributed by atoms with E-state index in [0.717, 1.165) is 28.1 Å². The smallest absolute Gasteiger partial charge is 0.187 e. The van der Waals surface area contributed by atoms with E-state index in [0.29, 0.717) is 5.56 Å². The molecule has 1 N–H and O–H groups in total. The minimum Gasteiger partial charge on any atom is -0.355 e. The summed E-state index contributed by atoms with van der Waals surface area (Å²) in [6.45, 7) is 0. The number of benzene rings is 4. The highest BCUT2D eigenvalue weighted by atomic mass is 16.1. The SMILES string of the molecule is O=C(/C=C(\C=C(c1ccccc1)c1ccccc1)Nc1ccccc1)c1ccccc1. The Kier molecular flexibility index (Phi) is 6.51. The van der Waals surface area contributed by atoms with Crippen LogP contribution in [-0.2, 0) is 0 Å². The van der Waals surface area contributed by atoms with Crippen molar-refractivity contribution >= 4 is 17.0 Å². The number of allylic oxidation sites excluding steroid dienone is 2. The Morgan fingerprint density at radius 1 is 0.516 bits per heavy atom. The van der Waals surface area contributed by atoms with Gasteiger partial charge in [-0.05, 0) is 34.9 Å². The summed E-state index contributed by atoms with van der Waals surface area (Å²) >= 11 is 0. The van der Waals surface area contributed by atoms with Crippen molar-refractivity contribution in [2.45, 2.75) is 0 Å². The van der Waals surface area contributed by atoms with Gasteiger partial charge >= 0.3 is 0 Å². The minimum absolute atomic E-state index is 0.0456. The van der Waals surface area contributed by atoms with Crippen molar-refractivity contribution in [2.75, 3.05) is 5.32 Å². The lowest BCUT2D eigenvalue weighted by atomic mass is 9.96. The summed E-state index contributed by atoms with van der Waals surface area (Å²) in [5.74, 6) is -0.0456. The van der Waals surface area contributed by atoms with Crippen LogP contribution in [0.2, 0.25) is 0 Å². The number of rotatable bonds is 7. The molecule has 0 bridgehead atoms. The molecule has 4 aromatic carbocycles. The lowest BCUT2D eigenvalue weighted by Crippen LogP contribution is -2.03. The number of hydrogen-bond acceptors (Lipinski definition) is 2. The molecule has 0 aromatic heterocycles. The average molecular weight is 402 g/mol. The highest BCUT2D eigenvalue weighted by Gasteiger charge is 2.09. The molecular formula is C29H23NO. The van der Waals surface area contributed by atoms with Gasteiger partial charge in [-0.3, -0.25) is 4.79 Å². The number of carbonyl (C=O) groups is 1. The second-order valence-electron chi connectivity index (χ2n) is 7.11. The van der Waals surface area contributed by atoms with Gasteiger partial charge < -0.3 is 5.32 Å². The van der Waals surface area contributed by atoms with Gasteiger partial charge in [-0.15, -0.1) is 0 Å². The fourth-order valence-corrected chi connectivity index (χ4v) is 3.35. The van der Waals surface area contributed by atoms with Gasteiger partial charge in [-0.25, -0.2) is 0 Å². The first-order valence-corrected chi connectivity index (χ1v) is 10.3. The maximum Gasteiger partial charge on any atom is 0.187 e. The molecule has 0 aliphatic rings. The van der Waals surface area contributed by atoms with Crippen molar-refractivity contribution in [3.63, 3.8) is 0 Å². The van der Waals surface area contributed by atoms with Gasteiger partial charge in [0.25, 0.3) is 0 Å². The zero-order valence-corrected chi connectivity index (χ0v) is 17.1. The Hall–Kier alpha value is -4.17. The Morgan fingerprint density at radius 3 is 1.42 bits per heavy atom. The van der Waals surface area contributed by atoms with Crippen LogP contribution in [0.4, 0.5) is 5.69 Å². The average Bonchev–Trinajstić information content (AvgIpc) is 2.84. The number of carbonyl (C=O) groups excluding carboxylic acids is 1. The summed E-state index contributed by atoms with van der Waals surface area (Å²) in [4.78, 5) is 13.0. The number of ketones is 1. The molecule has 4 aromatic rings. The van der Waals surface area contributed by atoms with Crippen LogP contribution in [0.3, 0.4) is 0 Å². The molecule has 2 heteroatoms. The maximum absolute atomic E-state index is 13.0. The van der Waals surface area contributed by atoms with Gasteiger partial charge in [-0.1, -0.05) is 109 Å². The molecule has 0 saturated carbocycles. The fourth-order valence-electron chi connectivity index (χ4n) is 3.35. The monoisotopic (exact) mass is 401 g/mol. The lowest BCUT2D eigenvalue weighted by Gasteiger charge is -2.13. The summed E-state index contributed by atoms with van der Waals surface area (Å²) in [7, 11) is 0. The third kappa shape index (κ3) is 5.46. The fraction of sp³-hybridized carbons (Fsp3) is 0. The van der Waals surface area contributed by atoms with Gasteiger partial charge in [0.1, 0.15) is 0 Å². The van der Waals surface area contributed by atoms with E-state index < -0.39 is 0 Å². The van der Waals surface area contributed by atoms with Crippen LogP contribution in [-0.4, -0.2) is 5.78 Å². The second-order valence-corrected chi connectivity index (χ2v) is 7.11. The second kappa shape index (κ2) is 10.0. The standard InChI is InChI=1S/C29H23NO/c31-29(25-17-9-3-10-18-25)22-27(30-26-19-11-4-12-20-26)21-28(23-13-5-1-6-14-23)24-15-7-2-8-16-24/h1-22,30H/b27-22+. The van der Waals surface area contributed by atoms with Crippen LogP contribution in [0.5, 0.6) is 0 Å². The molecule has 0 amide bonds. The van der Waals surface area contributed by atoms with E-state index in [1.807, 2.05) is 103 Å². The quantitative estimate of drug-likeness (QED) is 0.205. The third-order valence-electron chi connectivity index (χ3n) is 4.88. The van der Waals surface area contributed by atoms with Crippen LogP contribution in [0.15, 0.2) is 139 Å². The largest absolute Gasteiger partial charge is 0.355 e. The Morgan fingerprint density at radius 2 is 0.935 bits per heavy atom. The van der Waals surface area contributed by atoms with E-state index in [-0.39, 0.29) is 5.78 Å². The summed E-state index contributed by atoms with van der Waals surface area (Å²) in [5, 5.41) is 3.41. The molecule has 0 fully saturated rings. The van der Waals surface area contributed by atoms with Gasteiger partial charge in [0.15, 0.2) is 5.78 Å². The first-order valence-electron chi connectivity index (χ1n) is 10.3. The third-order valence-corrected chi connectivity index (χ3v) is 4.88. The van der Waals surface area contributed by atoms with Crippen molar-refractivity contribution in [1.29, 1.82) is 0 Å². The van der Waals surface area contributed by atoms with E-state index in [9.17, 15) is 4.79 Å². The zero-order valence-electron chi connectivity index (χ0n) is 17.1. The van der Waals surface area contributed by atoms with E-state index in [1.54, 1.807) is 6.08 Å². The van der Waals surface area contributed by atoms with Crippen molar-refractivity contribution in [2.24, 2.45) is 0 Å². The van der Waals surface area contributed by atoms with Crippen molar-refractivity contribution in [3.8, 4) is 0 Å². The van der Waals surface area contributed by atoms with Gasteiger partial charge in [0.2, 0.25) is 0 Å². The summed E-state index contributed by atoms with van der Waals surface area (Å²) < 4.78 is 0. The Bertz CT molecular complexity index is 1140. The molecule has 0 heterocycles. The number of para-hydroxylation sites is 1. The van der Waals surface area contributed by atoms with Gasteiger partial charge in [0.05, 0.1) is 0 Å². The van der Waals surface area contributed by atoms with Crippen molar-refractivity contribution < 1.29 is 4.79 Å². The van der Waals surface area contributed by atoms with Crippen LogP contribution in [0.1, 0.15) is 21.5 Å².